The van der Waals surface area contributed by atoms with E-state index in [1.807, 2.05) is 5.32 Å². The van der Waals surface area contributed by atoms with Crippen molar-refractivity contribution in [1.82, 2.24) is 15.1 Å². The number of carbonyl (C=O) groups excluding carboxylic acids is 3. The van der Waals surface area contributed by atoms with Gasteiger partial charge in [0.05, 0.1) is 6.54 Å². The van der Waals surface area contributed by atoms with E-state index in [-0.39, 0.29) is 44.3 Å². The Morgan fingerprint density at radius 3 is 2.13 bits per heavy atom. The summed E-state index contributed by atoms with van der Waals surface area (Å²) in [6, 6.07) is 9.72. The molecule has 2 heterocycles. The molecule has 254 valence electrons. The Hall–Kier alpha value is -3.65. The molecule has 2 unspecified atom stereocenters. The van der Waals surface area contributed by atoms with Gasteiger partial charge in [0, 0.05) is 37.0 Å². The van der Waals surface area contributed by atoms with Crippen LogP contribution < -0.4 is 10.6 Å². The quantitative estimate of drug-likeness (QED) is 0.0636. The molecule has 2 aliphatic rings. The third-order valence-electron chi connectivity index (χ3n) is 7.95. The maximum Gasteiger partial charge on any atom is 0.353 e. The van der Waals surface area contributed by atoms with Gasteiger partial charge in [-0.2, -0.15) is 4.90 Å². The predicted molar refractivity (Wildman–Crippen MR) is 148 cm³/mol. The van der Waals surface area contributed by atoms with Crippen molar-refractivity contribution in [1.29, 1.82) is 0 Å². The standard InChI is InChI=1S/C26H31BN4O16/c1-28-19(34)21(37,22(38,39)20(35,36)12-32)30-11-16-15(18(30)33)7-4-8-17(16)29-9-13-5-2-3-6-14(13)10-31-24(41,42)23(27,40)47-26(45,46)25(31,43)44/h2-8,12,29,35-46H,9-11H2,1H3,(H,28,34). The minimum atomic E-state index is -4.37. The van der Waals surface area contributed by atoms with Gasteiger partial charge in [0.2, 0.25) is 0 Å². The Morgan fingerprint density at radius 2 is 1.55 bits per heavy atom. The third-order valence-corrected chi connectivity index (χ3v) is 7.95. The highest BCUT2D eigenvalue weighted by molar-refractivity contribution is 6.14. The SMILES string of the molecule is [B]C1(O)OC(O)(O)C(O)(O)N(Cc2ccccc2CNc2cccc3c2CN(C(O)(C(=O)NC)C(O)(O)C(O)(O)C=O)C3=O)C1(O)O. The summed E-state index contributed by atoms with van der Waals surface area (Å²) in [6.07, 6.45) is -0.777. The van der Waals surface area contributed by atoms with Crippen LogP contribution >= 0.6 is 0 Å². The Morgan fingerprint density at radius 1 is 0.957 bits per heavy atom. The molecule has 4 rings (SSSR count). The highest BCUT2D eigenvalue weighted by Crippen LogP contribution is 2.43. The summed E-state index contributed by atoms with van der Waals surface area (Å²) in [7, 11) is 6.16. The van der Waals surface area contributed by atoms with Crippen LogP contribution in [0.2, 0.25) is 0 Å². The zero-order valence-electron chi connectivity index (χ0n) is 24.2. The van der Waals surface area contributed by atoms with Gasteiger partial charge < -0.3 is 71.9 Å². The van der Waals surface area contributed by atoms with E-state index in [1.165, 1.54) is 42.5 Å². The number of aliphatic hydroxyl groups is 12. The Balaban J connectivity index is 1.67. The average Bonchev–Trinajstić information content (AvgIpc) is 3.33. The lowest BCUT2D eigenvalue weighted by atomic mass is 9.86. The monoisotopic (exact) mass is 666 g/mol. The number of morpholine rings is 1. The lowest BCUT2D eigenvalue weighted by molar-refractivity contribution is -0.612. The molecule has 0 aliphatic carbocycles. The van der Waals surface area contributed by atoms with E-state index in [0.717, 1.165) is 7.05 Å². The molecule has 1 fully saturated rings. The minimum absolute atomic E-state index is 0.0295. The van der Waals surface area contributed by atoms with Crippen molar-refractivity contribution in [3.05, 3.63) is 64.7 Å². The number of fused-ring (bicyclic) bond motifs is 1. The van der Waals surface area contributed by atoms with E-state index in [4.69, 9.17) is 7.85 Å². The van der Waals surface area contributed by atoms with Crippen molar-refractivity contribution in [2.45, 2.75) is 60.4 Å². The van der Waals surface area contributed by atoms with Gasteiger partial charge in [-0.25, -0.2) is 0 Å². The van der Waals surface area contributed by atoms with Crippen molar-refractivity contribution in [3.8, 4) is 0 Å². The summed E-state index contributed by atoms with van der Waals surface area (Å²) in [6.45, 7) is -1.94. The van der Waals surface area contributed by atoms with Gasteiger partial charge in [-0.1, -0.05) is 30.3 Å². The lowest BCUT2D eigenvalue weighted by Gasteiger charge is -2.57. The zero-order valence-corrected chi connectivity index (χ0v) is 24.2. The molecule has 2 atom stereocenters. The van der Waals surface area contributed by atoms with Crippen LogP contribution in [0.5, 0.6) is 0 Å². The van der Waals surface area contributed by atoms with E-state index in [0.29, 0.717) is 0 Å². The second-order valence-electron chi connectivity index (χ2n) is 10.9. The Kier molecular flexibility index (Phi) is 8.86. The van der Waals surface area contributed by atoms with Crippen molar-refractivity contribution >= 4 is 31.6 Å². The molecule has 2 aliphatic heterocycles. The minimum Gasteiger partial charge on any atom is -0.381 e. The van der Waals surface area contributed by atoms with Gasteiger partial charge in [-0.3, -0.25) is 24.0 Å². The smallest absolute Gasteiger partial charge is 0.353 e. The fraction of sp³-hybridized carbons (Fsp3) is 0.423. The maximum atomic E-state index is 13.4. The van der Waals surface area contributed by atoms with Crippen LogP contribution in [0.3, 0.4) is 0 Å². The molecule has 21 heteroatoms. The number of nitrogens with one attached hydrogen (secondary N) is 2. The molecule has 47 heavy (non-hydrogen) atoms. The topological polar surface area (TPSA) is 334 Å². The molecule has 20 nitrogen and oxygen atoms in total. The number of amides is 2. The number of hydrogen-bond acceptors (Lipinski definition) is 18. The highest BCUT2D eigenvalue weighted by atomic mass is 16.9. The summed E-state index contributed by atoms with van der Waals surface area (Å²) >= 11 is 0. The molecular weight excluding hydrogens is 635 g/mol. The largest absolute Gasteiger partial charge is 0.381 e. The van der Waals surface area contributed by atoms with Crippen molar-refractivity contribution < 1.29 is 80.4 Å². The van der Waals surface area contributed by atoms with Crippen LogP contribution in [0.15, 0.2) is 42.5 Å². The normalized spacial score (nSPS) is 23.5. The summed E-state index contributed by atoms with van der Waals surface area (Å²) < 4.78 is 4.09. The van der Waals surface area contributed by atoms with E-state index < -0.39 is 72.0 Å². The molecule has 0 spiro atoms. The second-order valence-corrected chi connectivity index (χ2v) is 10.9. The summed E-state index contributed by atoms with van der Waals surface area (Å²) in [5.74, 6) is -23.3. The first kappa shape index (κ1) is 36.2. The highest BCUT2D eigenvalue weighted by Gasteiger charge is 2.72. The second kappa shape index (κ2) is 11.5. The average molecular weight is 666 g/mol. The number of anilines is 1. The van der Waals surface area contributed by atoms with Gasteiger partial charge in [0.15, 0.2) is 19.8 Å². The molecule has 2 aromatic rings. The Labute approximate surface area is 264 Å². The zero-order chi connectivity index (χ0) is 35.6. The predicted octanol–water partition coefficient (Wildman–Crippen LogP) is -7.19. The summed E-state index contributed by atoms with van der Waals surface area (Å²) in [5.41, 5.74) is -7.30. The van der Waals surface area contributed by atoms with Crippen LogP contribution in [-0.4, -0.2) is 145 Å². The van der Waals surface area contributed by atoms with Crippen molar-refractivity contribution in [2.24, 2.45) is 0 Å². The van der Waals surface area contributed by atoms with Gasteiger partial charge in [-0.05, 0) is 23.3 Å². The molecule has 2 radical (unpaired) electrons. The van der Waals surface area contributed by atoms with Crippen LogP contribution in [0.25, 0.3) is 0 Å². The van der Waals surface area contributed by atoms with Gasteiger partial charge in [-0.15, -0.1) is 0 Å². The van der Waals surface area contributed by atoms with Crippen LogP contribution in [0.1, 0.15) is 27.0 Å². The number of likely N-dealkylation sites (N-methyl/N-ethyl adjacent to an activating group) is 1. The fourth-order valence-corrected chi connectivity index (χ4v) is 5.15. The maximum absolute atomic E-state index is 13.4. The van der Waals surface area contributed by atoms with Crippen molar-refractivity contribution in [2.75, 3.05) is 12.4 Å². The van der Waals surface area contributed by atoms with E-state index in [9.17, 15) is 75.7 Å². The van der Waals surface area contributed by atoms with E-state index >= 15 is 0 Å². The first-order chi connectivity index (χ1) is 21.4. The molecule has 0 aromatic heterocycles. The molecule has 0 saturated carbocycles. The number of rotatable bonds is 10. The van der Waals surface area contributed by atoms with Gasteiger partial charge in [0.25, 0.3) is 35.0 Å². The summed E-state index contributed by atoms with van der Waals surface area (Å²) in [4.78, 5) is 37.3. The van der Waals surface area contributed by atoms with Crippen LogP contribution in [0.4, 0.5) is 5.69 Å². The molecule has 14 N–H and O–H groups in total. The van der Waals surface area contributed by atoms with Crippen LogP contribution in [-0.2, 0) is 34.0 Å². The van der Waals surface area contributed by atoms with Gasteiger partial charge in [0.1, 0.15) is 0 Å². The van der Waals surface area contributed by atoms with E-state index in [2.05, 4.69) is 10.1 Å². The fourth-order valence-electron chi connectivity index (χ4n) is 5.15. The first-order valence-corrected chi connectivity index (χ1v) is 13.3. The number of nitrogens with zero attached hydrogens (tertiary/aromatic N) is 2. The molecule has 0 bridgehead atoms. The van der Waals surface area contributed by atoms with Crippen LogP contribution in [0, 0.1) is 0 Å². The molecule has 1 saturated heterocycles. The van der Waals surface area contributed by atoms with Gasteiger partial charge >= 0.3 is 11.9 Å². The van der Waals surface area contributed by atoms with E-state index in [1.54, 1.807) is 0 Å². The molecular formula is C26H31BN4O16. The Bertz CT molecular complexity index is 1560. The third kappa shape index (κ3) is 5.37. The molecule has 2 amide bonds. The number of ether oxygens (including phenoxy) is 1. The molecule has 2 aromatic carbocycles. The number of carbonyl (C=O) groups is 3. The first-order valence-electron chi connectivity index (χ1n) is 13.3. The van der Waals surface area contributed by atoms with Crippen molar-refractivity contribution in [3.63, 3.8) is 0 Å². The number of hydrogen-bond donors (Lipinski definition) is 14. The lowest BCUT2D eigenvalue weighted by Crippen LogP contribution is -2.84. The number of aldehydes is 1. The summed E-state index contributed by atoms with van der Waals surface area (Å²) in [5, 5.41) is 128. The number of benzene rings is 2.